The van der Waals surface area contributed by atoms with Crippen molar-refractivity contribution < 1.29 is 24.2 Å². The Morgan fingerprint density at radius 3 is 2.92 bits per heavy atom. The number of rotatable bonds is 4. The summed E-state index contributed by atoms with van der Waals surface area (Å²) in [5, 5.41) is 9.59. The van der Waals surface area contributed by atoms with E-state index in [0.29, 0.717) is 24.0 Å². The first-order valence-corrected chi connectivity index (χ1v) is 9.32. The molecule has 2 aliphatic heterocycles. The zero-order chi connectivity index (χ0) is 18.5. The number of ether oxygens (including phenoxy) is 2. The molecular weight excluding hydrogens is 334 g/mol. The van der Waals surface area contributed by atoms with Gasteiger partial charge in [-0.25, -0.2) is 4.79 Å². The number of fused-ring (bicyclic) bond motifs is 2. The highest BCUT2D eigenvalue weighted by molar-refractivity contribution is 5.85. The van der Waals surface area contributed by atoms with Crippen LogP contribution < -0.4 is 9.47 Å². The van der Waals surface area contributed by atoms with Crippen molar-refractivity contribution in [3.63, 3.8) is 0 Å². The van der Waals surface area contributed by atoms with Crippen molar-refractivity contribution in [2.75, 3.05) is 13.2 Å². The highest BCUT2D eigenvalue weighted by atomic mass is 16.5. The topological polar surface area (TPSA) is 76.1 Å². The van der Waals surface area contributed by atoms with Crippen LogP contribution in [-0.2, 0) is 16.0 Å². The number of amides is 1. The Balaban J connectivity index is 1.45. The number of carbonyl (C=O) groups excluding carboxylic acids is 1. The van der Waals surface area contributed by atoms with E-state index in [9.17, 15) is 14.7 Å². The number of hydrogen-bond acceptors (Lipinski definition) is 4. The lowest BCUT2D eigenvalue weighted by Gasteiger charge is -2.24. The van der Waals surface area contributed by atoms with E-state index in [1.54, 1.807) is 6.07 Å². The Morgan fingerprint density at radius 1 is 1.35 bits per heavy atom. The van der Waals surface area contributed by atoms with Gasteiger partial charge in [0.15, 0.2) is 18.1 Å². The van der Waals surface area contributed by atoms with Gasteiger partial charge < -0.3 is 19.5 Å². The number of carbonyl (C=O) groups is 2. The second kappa shape index (κ2) is 6.18. The van der Waals surface area contributed by atoms with Crippen molar-refractivity contribution in [3.8, 4) is 11.5 Å². The summed E-state index contributed by atoms with van der Waals surface area (Å²) in [6, 6.07) is 4.97. The van der Waals surface area contributed by atoms with Crippen LogP contribution in [0.15, 0.2) is 18.2 Å². The van der Waals surface area contributed by atoms with E-state index >= 15 is 0 Å². The predicted octanol–water partition coefficient (Wildman–Crippen LogP) is 2.49. The smallest absolute Gasteiger partial charge is 0.326 e. The number of benzene rings is 1. The molecule has 1 N–H and O–H groups in total. The molecule has 1 aromatic rings. The third-order valence-electron chi connectivity index (χ3n) is 5.87. The fraction of sp³-hybridized carbons (Fsp3) is 0.600. The van der Waals surface area contributed by atoms with Gasteiger partial charge in [-0.05, 0) is 44.6 Å². The second-order valence-electron chi connectivity index (χ2n) is 8.26. The minimum absolute atomic E-state index is 0.0848. The summed E-state index contributed by atoms with van der Waals surface area (Å²) in [7, 11) is 0. The van der Waals surface area contributed by atoms with Crippen LogP contribution in [0.1, 0.15) is 38.7 Å². The van der Waals surface area contributed by atoms with Gasteiger partial charge in [-0.15, -0.1) is 0 Å². The lowest BCUT2D eigenvalue weighted by atomic mass is 9.94. The van der Waals surface area contributed by atoms with Crippen molar-refractivity contribution in [1.29, 1.82) is 0 Å². The van der Waals surface area contributed by atoms with Crippen molar-refractivity contribution in [2.24, 2.45) is 11.8 Å². The second-order valence-corrected chi connectivity index (χ2v) is 8.26. The lowest BCUT2D eigenvalue weighted by Crippen LogP contribution is -2.45. The fourth-order valence-electron chi connectivity index (χ4n) is 4.80. The molecule has 6 nitrogen and oxygen atoms in total. The van der Waals surface area contributed by atoms with E-state index in [2.05, 4.69) is 0 Å². The van der Waals surface area contributed by atoms with Gasteiger partial charge in [-0.3, -0.25) is 4.79 Å². The zero-order valence-corrected chi connectivity index (χ0v) is 15.2. The monoisotopic (exact) mass is 359 g/mol. The average molecular weight is 359 g/mol. The van der Waals surface area contributed by atoms with Gasteiger partial charge in [0.05, 0.1) is 0 Å². The van der Waals surface area contributed by atoms with Crippen molar-refractivity contribution >= 4 is 11.9 Å². The molecule has 1 amide bonds. The molecule has 1 saturated carbocycles. The first-order valence-electron chi connectivity index (χ1n) is 9.32. The van der Waals surface area contributed by atoms with Gasteiger partial charge in [0.1, 0.15) is 11.6 Å². The van der Waals surface area contributed by atoms with Gasteiger partial charge in [-0.2, -0.15) is 0 Å². The van der Waals surface area contributed by atoms with Crippen LogP contribution in [0, 0.1) is 11.8 Å². The maximum absolute atomic E-state index is 12.7. The fourth-order valence-corrected chi connectivity index (χ4v) is 4.80. The van der Waals surface area contributed by atoms with E-state index in [1.165, 1.54) is 4.90 Å². The molecule has 140 valence electrons. The van der Waals surface area contributed by atoms with E-state index < -0.39 is 12.0 Å². The Bertz CT molecular complexity index is 744. The number of likely N-dealkylation sites (tertiary alicyclic amines) is 1. The quantitative estimate of drug-likeness (QED) is 0.894. The number of nitrogens with zero attached hydrogens (tertiary/aromatic N) is 1. The molecule has 3 unspecified atom stereocenters. The maximum atomic E-state index is 12.7. The van der Waals surface area contributed by atoms with Crippen LogP contribution in [0.5, 0.6) is 11.5 Å². The van der Waals surface area contributed by atoms with Gasteiger partial charge in [0, 0.05) is 18.5 Å². The van der Waals surface area contributed by atoms with E-state index in [4.69, 9.17) is 9.47 Å². The molecule has 0 radical (unpaired) electrons. The summed E-state index contributed by atoms with van der Waals surface area (Å²) in [5.41, 5.74) is 0.783. The average Bonchev–Trinajstić information content (AvgIpc) is 3.22. The SMILES string of the molecule is CC1(C)Cc2cccc(OCC(=O)N3CC4CCCC4C3C(=O)O)c2O1. The number of hydrogen-bond donors (Lipinski definition) is 1. The van der Waals surface area contributed by atoms with Gasteiger partial charge >= 0.3 is 5.97 Å². The number of para-hydroxylation sites is 1. The summed E-state index contributed by atoms with van der Waals surface area (Å²) in [4.78, 5) is 25.9. The highest BCUT2D eigenvalue weighted by Crippen LogP contribution is 2.43. The Morgan fingerprint density at radius 2 is 2.15 bits per heavy atom. The summed E-state index contributed by atoms with van der Waals surface area (Å²) in [6.07, 6.45) is 3.75. The van der Waals surface area contributed by atoms with Crippen LogP contribution in [0.3, 0.4) is 0 Å². The maximum Gasteiger partial charge on any atom is 0.326 e. The first kappa shape index (κ1) is 17.2. The van der Waals surface area contributed by atoms with Crippen LogP contribution in [0.4, 0.5) is 0 Å². The summed E-state index contributed by atoms with van der Waals surface area (Å²) >= 11 is 0. The molecule has 1 aromatic carbocycles. The molecule has 26 heavy (non-hydrogen) atoms. The lowest BCUT2D eigenvalue weighted by molar-refractivity contribution is -0.150. The van der Waals surface area contributed by atoms with Crippen molar-refractivity contribution in [3.05, 3.63) is 23.8 Å². The van der Waals surface area contributed by atoms with E-state index in [1.807, 2.05) is 26.0 Å². The minimum atomic E-state index is -0.904. The largest absolute Gasteiger partial charge is 0.483 e. The van der Waals surface area contributed by atoms with E-state index in [0.717, 1.165) is 31.2 Å². The summed E-state index contributed by atoms with van der Waals surface area (Å²) in [6.45, 7) is 4.40. The molecule has 3 aliphatic rings. The van der Waals surface area contributed by atoms with Crippen molar-refractivity contribution in [2.45, 2.75) is 51.2 Å². The van der Waals surface area contributed by atoms with Gasteiger partial charge in [-0.1, -0.05) is 18.6 Å². The molecule has 0 aromatic heterocycles. The summed E-state index contributed by atoms with van der Waals surface area (Å²) in [5.74, 6) is 0.470. The van der Waals surface area contributed by atoms with Crippen LogP contribution in [-0.4, -0.2) is 46.7 Å². The Labute approximate surface area is 153 Å². The molecule has 1 aliphatic carbocycles. The third-order valence-corrected chi connectivity index (χ3v) is 5.87. The molecule has 0 spiro atoms. The van der Waals surface area contributed by atoms with Crippen molar-refractivity contribution in [1.82, 2.24) is 4.90 Å². The molecule has 4 rings (SSSR count). The molecular formula is C20H25NO5. The Hall–Kier alpha value is -2.24. The van der Waals surface area contributed by atoms with Crippen LogP contribution in [0.25, 0.3) is 0 Å². The minimum Gasteiger partial charge on any atom is -0.483 e. The normalized spacial score (nSPS) is 28.4. The summed E-state index contributed by atoms with van der Waals surface area (Å²) < 4.78 is 11.7. The first-order chi connectivity index (χ1) is 12.4. The number of carboxylic acid groups (broad SMARTS) is 1. The molecule has 0 bridgehead atoms. The molecule has 1 saturated heterocycles. The molecule has 6 heteroatoms. The number of aliphatic carboxylic acids is 1. The standard InChI is InChI=1S/C20H25NO5/c1-20(2)9-12-5-4-8-15(18(12)26-20)25-11-16(22)21-10-13-6-3-7-14(13)17(21)19(23)24/h4-5,8,13-14,17H,3,6-7,9-11H2,1-2H3,(H,23,24). The molecule has 2 fully saturated rings. The van der Waals surface area contributed by atoms with Gasteiger partial charge in [0.2, 0.25) is 0 Å². The zero-order valence-electron chi connectivity index (χ0n) is 15.2. The van der Waals surface area contributed by atoms with Crippen LogP contribution >= 0.6 is 0 Å². The molecule has 3 atom stereocenters. The molecule has 2 heterocycles. The van der Waals surface area contributed by atoms with Gasteiger partial charge in [0.25, 0.3) is 5.91 Å². The predicted molar refractivity (Wildman–Crippen MR) is 94.3 cm³/mol. The third kappa shape index (κ3) is 2.91. The number of carboxylic acids is 1. The van der Waals surface area contributed by atoms with E-state index in [-0.39, 0.29) is 24.0 Å². The van der Waals surface area contributed by atoms with Crippen LogP contribution in [0.2, 0.25) is 0 Å². The highest BCUT2D eigenvalue weighted by Gasteiger charge is 2.49. The Kier molecular flexibility index (Phi) is 4.09.